The third kappa shape index (κ3) is 3.46. The molecule has 5 rings (SSSR count). The SMILES string of the molecule is CCc1c(C(=O)O)ccc2c1nc(-c1ccc3c(c1)c1ccccc1n3CC)n2CCN(C)C. The highest BCUT2D eigenvalue weighted by Crippen LogP contribution is 2.34. The van der Waals surface area contributed by atoms with Gasteiger partial charge in [-0.15, -0.1) is 0 Å². The van der Waals surface area contributed by atoms with E-state index in [0.717, 1.165) is 47.6 Å². The van der Waals surface area contributed by atoms with E-state index in [0.29, 0.717) is 12.0 Å². The lowest BCUT2D eigenvalue weighted by molar-refractivity contribution is 0.0696. The number of para-hydroxylation sites is 1. The van der Waals surface area contributed by atoms with E-state index in [9.17, 15) is 9.90 Å². The molecule has 2 heterocycles. The molecule has 0 spiro atoms. The molecule has 0 radical (unpaired) electrons. The van der Waals surface area contributed by atoms with Gasteiger partial charge < -0.3 is 19.1 Å². The molecule has 0 aliphatic heterocycles. The van der Waals surface area contributed by atoms with Gasteiger partial charge in [-0.2, -0.15) is 0 Å². The first-order valence-corrected chi connectivity index (χ1v) is 11.9. The molecule has 0 unspecified atom stereocenters. The smallest absolute Gasteiger partial charge is 0.336 e. The van der Waals surface area contributed by atoms with E-state index in [-0.39, 0.29) is 0 Å². The largest absolute Gasteiger partial charge is 0.478 e. The summed E-state index contributed by atoms with van der Waals surface area (Å²) in [5, 5.41) is 12.2. The molecule has 174 valence electrons. The number of nitrogens with zero attached hydrogens (tertiary/aromatic N) is 4. The van der Waals surface area contributed by atoms with E-state index < -0.39 is 5.97 Å². The van der Waals surface area contributed by atoms with Gasteiger partial charge in [-0.1, -0.05) is 25.1 Å². The number of benzene rings is 3. The molecule has 0 bridgehead atoms. The maximum atomic E-state index is 11.9. The number of likely N-dealkylation sites (N-methyl/N-ethyl adjacent to an activating group) is 1. The Bertz CT molecular complexity index is 1540. The number of hydrogen-bond donors (Lipinski definition) is 1. The number of carboxylic acid groups (broad SMARTS) is 1. The van der Waals surface area contributed by atoms with Crippen LogP contribution in [0.4, 0.5) is 0 Å². The quantitative estimate of drug-likeness (QED) is 0.345. The molecule has 0 aliphatic carbocycles. The molecule has 0 saturated carbocycles. The molecule has 0 amide bonds. The summed E-state index contributed by atoms with van der Waals surface area (Å²) in [4.78, 5) is 19.1. The third-order valence-electron chi connectivity index (χ3n) is 6.73. The van der Waals surface area contributed by atoms with Crippen LogP contribution in [0.3, 0.4) is 0 Å². The highest BCUT2D eigenvalue weighted by molar-refractivity contribution is 6.09. The number of rotatable bonds is 7. The maximum absolute atomic E-state index is 11.9. The Hall–Kier alpha value is -3.64. The van der Waals surface area contributed by atoms with Crippen molar-refractivity contribution >= 4 is 38.8 Å². The molecular formula is C28H30N4O2. The Morgan fingerprint density at radius 1 is 0.941 bits per heavy atom. The van der Waals surface area contributed by atoms with E-state index in [4.69, 9.17) is 4.98 Å². The molecule has 34 heavy (non-hydrogen) atoms. The fraction of sp³-hybridized carbons (Fsp3) is 0.286. The van der Waals surface area contributed by atoms with Gasteiger partial charge in [-0.3, -0.25) is 0 Å². The molecule has 0 aliphatic rings. The second-order valence-corrected chi connectivity index (χ2v) is 9.00. The summed E-state index contributed by atoms with van der Waals surface area (Å²) in [5.74, 6) is -0.0266. The first kappa shape index (κ1) is 22.2. The summed E-state index contributed by atoms with van der Waals surface area (Å²) in [7, 11) is 4.12. The van der Waals surface area contributed by atoms with Crippen molar-refractivity contribution in [1.82, 2.24) is 19.0 Å². The number of imidazole rings is 1. The number of hydrogen-bond acceptors (Lipinski definition) is 3. The van der Waals surface area contributed by atoms with E-state index >= 15 is 0 Å². The molecule has 0 saturated heterocycles. The Morgan fingerprint density at radius 3 is 2.38 bits per heavy atom. The van der Waals surface area contributed by atoms with Crippen molar-refractivity contribution in [2.75, 3.05) is 20.6 Å². The zero-order valence-corrected chi connectivity index (χ0v) is 20.2. The predicted octanol–water partition coefficient (Wildman–Crippen LogP) is 5.65. The van der Waals surface area contributed by atoms with Crippen molar-refractivity contribution in [3.05, 3.63) is 65.7 Å². The number of aromatic carboxylic acids is 1. The van der Waals surface area contributed by atoms with E-state index in [1.165, 1.54) is 21.8 Å². The minimum absolute atomic E-state index is 0.334. The lowest BCUT2D eigenvalue weighted by Crippen LogP contribution is -2.18. The monoisotopic (exact) mass is 454 g/mol. The minimum atomic E-state index is -0.906. The Labute approximate surface area is 199 Å². The number of carboxylic acids is 1. The van der Waals surface area contributed by atoms with Crippen molar-refractivity contribution in [2.45, 2.75) is 33.4 Å². The van der Waals surface area contributed by atoms with Crippen molar-refractivity contribution in [2.24, 2.45) is 0 Å². The van der Waals surface area contributed by atoms with Gasteiger partial charge in [0.1, 0.15) is 5.82 Å². The van der Waals surface area contributed by atoms with Gasteiger partial charge in [0, 0.05) is 47.0 Å². The van der Waals surface area contributed by atoms with E-state index in [1.54, 1.807) is 6.07 Å². The molecule has 6 heteroatoms. The maximum Gasteiger partial charge on any atom is 0.336 e. The Balaban J connectivity index is 1.79. The Morgan fingerprint density at radius 2 is 1.68 bits per heavy atom. The van der Waals surface area contributed by atoms with Crippen molar-refractivity contribution in [1.29, 1.82) is 0 Å². The molecule has 2 aromatic heterocycles. The van der Waals surface area contributed by atoms with Crippen LogP contribution >= 0.6 is 0 Å². The fourth-order valence-electron chi connectivity index (χ4n) is 5.09. The third-order valence-corrected chi connectivity index (χ3v) is 6.73. The molecule has 0 fully saturated rings. The van der Waals surface area contributed by atoms with Gasteiger partial charge in [0.2, 0.25) is 0 Å². The minimum Gasteiger partial charge on any atom is -0.478 e. The molecule has 1 N–H and O–H groups in total. The summed E-state index contributed by atoms with van der Waals surface area (Å²) < 4.78 is 4.58. The molecular weight excluding hydrogens is 424 g/mol. The fourth-order valence-corrected chi connectivity index (χ4v) is 5.09. The summed E-state index contributed by atoms with van der Waals surface area (Å²) in [6, 6.07) is 18.7. The zero-order valence-electron chi connectivity index (χ0n) is 20.2. The van der Waals surface area contributed by atoms with Gasteiger partial charge in [-0.05, 0) is 69.4 Å². The van der Waals surface area contributed by atoms with Crippen LogP contribution in [0, 0.1) is 0 Å². The normalized spacial score (nSPS) is 11.9. The van der Waals surface area contributed by atoms with Crippen molar-refractivity contribution in [3.63, 3.8) is 0 Å². The average molecular weight is 455 g/mol. The lowest BCUT2D eigenvalue weighted by atomic mass is 10.0. The van der Waals surface area contributed by atoms with Crippen LogP contribution in [-0.4, -0.2) is 50.7 Å². The standard InChI is InChI=1S/C28H30N4O2/c1-5-19-21(28(33)34)12-14-25-26(19)29-27(32(25)16-15-30(3)4)18-11-13-24-22(17-18)20-9-7-8-10-23(20)31(24)6-2/h7-14,17H,5-6,15-16H2,1-4H3,(H,33,34). The first-order chi connectivity index (χ1) is 16.4. The van der Waals surface area contributed by atoms with E-state index in [2.05, 4.69) is 77.5 Å². The van der Waals surface area contributed by atoms with Crippen LogP contribution in [0.5, 0.6) is 0 Å². The van der Waals surface area contributed by atoms with Crippen molar-refractivity contribution < 1.29 is 9.90 Å². The topological polar surface area (TPSA) is 63.3 Å². The number of carbonyl (C=O) groups is 1. The van der Waals surface area contributed by atoms with Crippen LogP contribution in [0.25, 0.3) is 44.2 Å². The summed E-state index contributed by atoms with van der Waals surface area (Å²) in [5.41, 5.74) is 6.38. The van der Waals surface area contributed by atoms with Crippen molar-refractivity contribution in [3.8, 4) is 11.4 Å². The molecule has 3 aromatic carbocycles. The summed E-state index contributed by atoms with van der Waals surface area (Å²) in [6.07, 6.45) is 0.617. The highest BCUT2D eigenvalue weighted by Gasteiger charge is 2.20. The van der Waals surface area contributed by atoms with Gasteiger partial charge >= 0.3 is 5.97 Å². The lowest BCUT2D eigenvalue weighted by Gasteiger charge is -2.14. The average Bonchev–Trinajstić information content (AvgIpc) is 3.36. The van der Waals surface area contributed by atoms with Gasteiger partial charge in [0.25, 0.3) is 0 Å². The van der Waals surface area contributed by atoms with Gasteiger partial charge in [-0.25, -0.2) is 9.78 Å². The number of fused-ring (bicyclic) bond motifs is 4. The number of aryl methyl sites for hydroxylation is 2. The van der Waals surface area contributed by atoms with E-state index in [1.807, 2.05) is 13.0 Å². The summed E-state index contributed by atoms with van der Waals surface area (Å²) >= 11 is 0. The van der Waals surface area contributed by atoms with Crippen LogP contribution < -0.4 is 0 Å². The van der Waals surface area contributed by atoms with Crippen LogP contribution in [0.15, 0.2) is 54.6 Å². The molecule has 5 aromatic rings. The molecule has 6 nitrogen and oxygen atoms in total. The van der Waals surface area contributed by atoms with Gasteiger partial charge in [0.05, 0.1) is 16.6 Å². The predicted molar refractivity (Wildman–Crippen MR) is 139 cm³/mol. The van der Waals surface area contributed by atoms with Gasteiger partial charge in [0.15, 0.2) is 0 Å². The van der Waals surface area contributed by atoms with Crippen LogP contribution in [0.1, 0.15) is 29.8 Å². The second kappa shape index (κ2) is 8.61. The highest BCUT2D eigenvalue weighted by atomic mass is 16.4. The molecule has 0 atom stereocenters. The van der Waals surface area contributed by atoms with Crippen LogP contribution in [-0.2, 0) is 19.5 Å². The zero-order chi connectivity index (χ0) is 24.0. The first-order valence-electron chi connectivity index (χ1n) is 11.9. The summed E-state index contributed by atoms with van der Waals surface area (Å²) in [6.45, 7) is 6.70. The number of aromatic nitrogens is 3. The Kier molecular flexibility index (Phi) is 5.62. The van der Waals surface area contributed by atoms with Crippen LogP contribution in [0.2, 0.25) is 0 Å². The second-order valence-electron chi connectivity index (χ2n) is 9.00.